The van der Waals surface area contributed by atoms with Gasteiger partial charge in [0, 0.05) is 25.3 Å². The van der Waals surface area contributed by atoms with E-state index in [1.807, 2.05) is 6.07 Å². The molecule has 0 spiro atoms. The maximum Gasteiger partial charge on any atom is 0.153 e. The summed E-state index contributed by atoms with van der Waals surface area (Å²) >= 11 is 6.12. The molecule has 2 N–H and O–H groups in total. The average molecular weight is 305 g/mol. The molecule has 1 aliphatic heterocycles. The molecular formula is C13H13ClN6O. The van der Waals surface area contributed by atoms with E-state index in [1.165, 1.54) is 6.33 Å². The minimum absolute atomic E-state index is 0.113. The second-order valence-electron chi connectivity index (χ2n) is 4.72. The summed E-state index contributed by atoms with van der Waals surface area (Å²) in [5.41, 5.74) is 0.406. The van der Waals surface area contributed by atoms with E-state index in [0.717, 1.165) is 12.2 Å². The molecule has 0 unspecified atom stereocenters. The van der Waals surface area contributed by atoms with Gasteiger partial charge in [-0.3, -0.25) is 5.10 Å². The van der Waals surface area contributed by atoms with Crippen LogP contribution in [0.1, 0.15) is 23.9 Å². The van der Waals surface area contributed by atoms with Gasteiger partial charge in [-0.15, -0.1) is 0 Å². The number of rotatable bonds is 4. The highest BCUT2D eigenvalue weighted by Crippen LogP contribution is 2.33. The Labute approximate surface area is 126 Å². The van der Waals surface area contributed by atoms with Crippen LogP contribution in [-0.4, -0.2) is 33.3 Å². The lowest BCUT2D eigenvalue weighted by atomic mass is 10.0. The number of hydrogen-bond donors (Lipinski definition) is 2. The third-order valence-electron chi connectivity index (χ3n) is 3.46. The fraction of sp³-hybridized carbons (Fsp3) is 0.385. The predicted octanol–water partition coefficient (Wildman–Crippen LogP) is 1.91. The molecule has 7 nitrogen and oxygen atoms in total. The largest absolute Gasteiger partial charge is 0.370 e. The first-order chi connectivity index (χ1) is 10.3. The molecule has 2 aromatic rings. The molecule has 0 amide bonds. The van der Waals surface area contributed by atoms with Crippen LogP contribution in [0.3, 0.4) is 0 Å². The van der Waals surface area contributed by atoms with Crippen LogP contribution in [0.25, 0.3) is 0 Å². The average Bonchev–Trinajstić information content (AvgIpc) is 3.17. The number of nitrogens with zero attached hydrogens (tertiary/aromatic N) is 4. The van der Waals surface area contributed by atoms with Crippen LogP contribution in [0.2, 0.25) is 5.02 Å². The number of halogens is 1. The van der Waals surface area contributed by atoms with E-state index in [2.05, 4.69) is 25.5 Å². The van der Waals surface area contributed by atoms with E-state index in [9.17, 15) is 0 Å². The van der Waals surface area contributed by atoms with Gasteiger partial charge >= 0.3 is 0 Å². The number of aromatic nitrogens is 4. The van der Waals surface area contributed by atoms with Crippen molar-refractivity contribution in [3.8, 4) is 6.07 Å². The van der Waals surface area contributed by atoms with Gasteiger partial charge in [0.1, 0.15) is 29.3 Å². The molecule has 1 aliphatic rings. The predicted molar refractivity (Wildman–Crippen MR) is 75.6 cm³/mol. The number of pyridine rings is 1. The highest BCUT2D eigenvalue weighted by Gasteiger charge is 2.31. The van der Waals surface area contributed by atoms with Gasteiger partial charge in [0.25, 0.3) is 0 Å². The fourth-order valence-electron chi connectivity index (χ4n) is 2.38. The molecule has 0 aliphatic carbocycles. The van der Waals surface area contributed by atoms with Crippen molar-refractivity contribution in [2.24, 2.45) is 5.92 Å². The van der Waals surface area contributed by atoms with E-state index in [4.69, 9.17) is 21.6 Å². The second-order valence-corrected chi connectivity index (χ2v) is 5.10. The summed E-state index contributed by atoms with van der Waals surface area (Å²) in [6, 6.07) is 3.62. The second kappa shape index (κ2) is 6.08. The van der Waals surface area contributed by atoms with E-state index in [0.29, 0.717) is 29.6 Å². The number of nitriles is 1. The molecule has 0 radical (unpaired) electrons. The summed E-state index contributed by atoms with van der Waals surface area (Å²) in [5, 5.41) is 19.2. The normalized spacial score (nSPS) is 21.1. The van der Waals surface area contributed by atoms with Crippen LogP contribution in [0.4, 0.5) is 5.82 Å². The maximum atomic E-state index is 8.96. The lowest BCUT2D eigenvalue weighted by Gasteiger charge is -2.17. The monoisotopic (exact) mass is 304 g/mol. The molecule has 3 rings (SSSR count). The van der Waals surface area contributed by atoms with E-state index >= 15 is 0 Å². The van der Waals surface area contributed by atoms with Crippen molar-refractivity contribution in [1.29, 1.82) is 5.26 Å². The zero-order chi connectivity index (χ0) is 14.7. The number of hydrogen-bond acceptors (Lipinski definition) is 6. The van der Waals surface area contributed by atoms with Gasteiger partial charge in [0.15, 0.2) is 5.82 Å². The lowest BCUT2D eigenvalue weighted by molar-refractivity contribution is 0.0864. The Morgan fingerprint density at radius 1 is 1.52 bits per heavy atom. The van der Waals surface area contributed by atoms with E-state index in [-0.39, 0.29) is 12.0 Å². The van der Waals surface area contributed by atoms with Crippen molar-refractivity contribution in [2.75, 3.05) is 18.5 Å². The first-order valence-electron chi connectivity index (χ1n) is 6.55. The molecule has 2 atom stereocenters. The Morgan fingerprint density at radius 2 is 2.43 bits per heavy atom. The highest BCUT2D eigenvalue weighted by molar-refractivity contribution is 6.34. The van der Waals surface area contributed by atoms with Crippen LogP contribution < -0.4 is 5.32 Å². The molecule has 0 aromatic carbocycles. The summed E-state index contributed by atoms with van der Waals surface area (Å²) in [7, 11) is 0. The Morgan fingerprint density at radius 3 is 3.19 bits per heavy atom. The third-order valence-corrected chi connectivity index (χ3v) is 3.84. The van der Waals surface area contributed by atoms with Crippen molar-refractivity contribution in [3.05, 3.63) is 35.0 Å². The van der Waals surface area contributed by atoms with Gasteiger partial charge in [0.2, 0.25) is 0 Å². The Bertz CT molecular complexity index is 653. The number of ether oxygens (including phenoxy) is 1. The van der Waals surface area contributed by atoms with Crippen molar-refractivity contribution in [3.63, 3.8) is 0 Å². The zero-order valence-electron chi connectivity index (χ0n) is 11.1. The van der Waals surface area contributed by atoms with E-state index < -0.39 is 0 Å². The van der Waals surface area contributed by atoms with Crippen LogP contribution in [0, 0.1) is 17.2 Å². The van der Waals surface area contributed by atoms with Crippen LogP contribution in [-0.2, 0) is 4.74 Å². The zero-order valence-corrected chi connectivity index (χ0v) is 11.8. The van der Waals surface area contributed by atoms with Crippen molar-refractivity contribution >= 4 is 17.4 Å². The van der Waals surface area contributed by atoms with Crippen LogP contribution in [0.15, 0.2) is 18.6 Å². The maximum absolute atomic E-state index is 8.96. The molecule has 1 fully saturated rings. The molecule has 3 heterocycles. The van der Waals surface area contributed by atoms with Crippen molar-refractivity contribution in [2.45, 2.75) is 12.5 Å². The van der Waals surface area contributed by atoms with Crippen LogP contribution in [0.5, 0.6) is 0 Å². The molecule has 21 heavy (non-hydrogen) atoms. The molecule has 2 aromatic heterocycles. The number of nitrogens with one attached hydrogen (secondary N) is 2. The first-order valence-corrected chi connectivity index (χ1v) is 6.92. The van der Waals surface area contributed by atoms with Gasteiger partial charge in [-0.2, -0.15) is 10.4 Å². The topological polar surface area (TPSA) is 99.5 Å². The standard InChI is InChI=1S/C13H13ClN6O/c14-10-8(5-15)1-3-16-12(10)17-6-9-2-4-21-11(9)13-18-7-19-20-13/h1,3,7,9,11H,2,4,6H2,(H,16,17)(H,18,19,20)/t9-,11-/m0/s1. The van der Waals surface area contributed by atoms with Gasteiger partial charge < -0.3 is 10.1 Å². The molecule has 108 valence electrons. The molecule has 0 saturated carbocycles. The lowest BCUT2D eigenvalue weighted by Crippen LogP contribution is -2.19. The Hall–Kier alpha value is -2.17. The molecular weight excluding hydrogens is 292 g/mol. The minimum Gasteiger partial charge on any atom is -0.370 e. The third kappa shape index (κ3) is 2.82. The molecule has 8 heteroatoms. The van der Waals surface area contributed by atoms with Gasteiger partial charge in [0.05, 0.1) is 5.56 Å². The fourth-order valence-corrected chi connectivity index (χ4v) is 2.60. The number of aromatic amines is 1. The summed E-state index contributed by atoms with van der Waals surface area (Å²) in [5.74, 6) is 1.48. The van der Waals surface area contributed by atoms with Crippen molar-refractivity contribution < 1.29 is 4.74 Å². The number of H-pyrrole nitrogens is 1. The first kappa shape index (κ1) is 13.8. The van der Waals surface area contributed by atoms with Gasteiger partial charge in [-0.1, -0.05) is 11.6 Å². The number of anilines is 1. The molecule has 0 bridgehead atoms. The Balaban J connectivity index is 1.69. The summed E-state index contributed by atoms with van der Waals surface area (Å²) in [4.78, 5) is 8.31. The Kier molecular flexibility index (Phi) is 3.99. The van der Waals surface area contributed by atoms with Crippen molar-refractivity contribution in [1.82, 2.24) is 20.2 Å². The van der Waals surface area contributed by atoms with Gasteiger partial charge in [-0.25, -0.2) is 9.97 Å². The molecule has 1 saturated heterocycles. The highest BCUT2D eigenvalue weighted by atomic mass is 35.5. The van der Waals surface area contributed by atoms with Crippen LogP contribution >= 0.6 is 11.6 Å². The summed E-state index contributed by atoms with van der Waals surface area (Å²) in [6.45, 7) is 1.31. The van der Waals surface area contributed by atoms with Gasteiger partial charge in [-0.05, 0) is 12.5 Å². The summed E-state index contributed by atoms with van der Waals surface area (Å²) in [6.07, 6.45) is 3.83. The smallest absolute Gasteiger partial charge is 0.153 e. The summed E-state index contributed by atoms with van der Waals surface area (Å²) < 4.78 is 5.69. The minimum atomic E-state index is -0.113. The quantitative estimate of drug-likeness (QED) is 0.895. The van der Waals surface area contributed by atoms with E-state index in [1.54, 1.807) is 12.3 Å². The SMILES string of the molecule is N#Cc1ccnc(NC[C@@H]2CCO[C@@H]2c2ncn[nH]2)c1Cl.